The summed E-state index contributed by atoms with van der Waals surface area (Å²) in [6.45, 7) is -0.0347. The zero-order chi connectivity index (χ0) is 9.07. The highest BCUT2D eigenvalue weighted by molar-refractivity contribution is 7.89. The third-order valence-corrected chi connectivity index (χ3v) is 3.15. The third-order valence-electron chi connectivity index (χ3n) is 1.23. The second kappa shape index (κ2) is 4.01. The van der Waals surface area contributed by atoms with E-state index >= 15 is 0 Å². The van der Waals surface area contributed by atoms with Gasteiger partial charge in [-0.25, -0.2) is 12.7 Å². The maximum absolute atomic E-state index is 11.0. The first-order chi connectivity index (χ1) is 4.90. The summed E-state index contributed by atoms with van der Waals surface area (Å²) in [7, 11) is -0.476. The van der Waals surface area contributed by atoms with E-state index in [0.717, 1.165) is 4.31 Å². The Hall–Kier alpha value is -0.170. The summed E-state index contributed by atoms with van der Waals surface area (Å²) in [5.41, 5.74) is 5.05. The predicted octanol–water partition coefficient (Wildman–Crippen LogP) is -1.80. The Bertz CT molecular complexity index is 200. The topological polar surface area (TPSA) is 83.6 Å². The van der Waals surface area contributed by atoms with Gasteiger partial charge in [0.25, 0.3) is 0 Å². The monoisotopic (exact) mass is 182 g/mol. The fourth-order valence-corrected chi connectivity index (χ4v) is 1.38. The van der Waals surface area contributed by atoms with Crippen molar-refractivity contribution in [2.24, 2.45) is 5.73 Å². The van der Waals surface area contributed by atoms with E-state index in [4.69, 9.17) is 10.8 Å². The van der Waals surface area contributed by atoms with Crippen LogP contribution in [0.1, 0.15) is 0 Å². The molecule has 0 saturated heterocycles. The molecule has 0 heterocycles. The molecule has 1 atom stereocenters. The quantitative estimate of drug-likeness (QED) is 0.537. The van der Waals surface area contributed by atoms with Crippen LogP contribution in [0, 0.1) is 0 Å². The molecule has 11 heavy (non-hydrogen) atoms. The lowest BCUT2D eigenvalue weighted by molar-refractivity contribution is 0.204. The van der Waals surface area contributed by atoms with Gasteiger partial charge in [0, 0.05) is 20.6 Å². The molecule has 6 heteroatoms. The van der Waals surface area contributed by atoms with Gasteiger partial charge in [0.05, 0.1) is 11.9 Å². The molecule has 0 aromatic rings. The Kier molecular flexibility index (Phi) is 3.95. The van der Waals surface area contributed by atoms with Gasteiger partial charge in [0.2, 0.25) is 10.0 Å². The van der Waals surface area contributed by atoms with Crippen molar-refractivity contribution in [1.82, 2.24) is 4.31 Å². The van der Waals surface area contributed by atoms with E-state index in [1.807, 2.05) is 0 Å². The van der Waals surface area contributed by atoms with Crippen LogP contribution in [0.15, 0.2) is 0 Å². The fourth-order valence-electron chi connectivity index (χ4n) is 0.460. The fraction of sp³-hybridized carbons (Fsp3) is 1.00. The Morgan fingerprint density at radius 2 is 2.00 bits per heavy atom. The van der Waals surface area contributed by atoms with E-state index in [1.54, 1.807) is 0 Å². The summed E-state index contributed by atoms with van der Waals surface area (Å²) in [4.78, 5) is 0. The zero-order valence-corrected chi connectivity index (χ0v) is 7.50. The normalized spacial score (nSPS) is 15.4. The minimum absolute atomic E-state index is 0.0347. The molecule has 0 fully saturated rings. The highest BCUT2D eigenvalue weighted by Crippen LogP contribution is 1.96. The standard InChI is InChI=1S/C5H14N2O3S/c1-7(2)11(9,10)4-5(8)3-6/h5,8H,3-4,6H2,1-2H3. The number of rotatable bonds is 4. The molecule has 0 radical (unpaired) electrons. The molecule has 0 amide bonds. The molecular weight excluding hydrogens is 168 g/mol. The highest BCUT2D eigenvalue weighted by atomic mass is 32.2. The van der Waals surface area contributed by atoms with Crippen LogP contribution in [0.4, 0.5) is 0 Å². The number of sulfonamides is 1. The molecule has 0 aromatic carbocycles. The Labute approximate surface area is 66.9 Å². The number of hydrogen-bond acceptors (Lipinski definition) is 4. The van der Waals surface area contributed by atoms with Gasteiger partial charge in [-0.15, -0.1) is 0 Å². The number of hydrogen-bond donors (Lipinski definition) is 2. The number of aliphatic hydroxyl groups is 1. The number of aliphatic hydroxyl groups excluding tert-OH is 1. The molecule has 0 rings (SSSR count). The van der Waals surface area contributed by atoms with Crippen molar-refractivity contribution in [1.29, 1.82) is 0 Å². The van der Waals surface area contributed by atoms with Gasteiger partial charge >= 0.3 is 0 Å². The average molecular weight is 182 g/mol. The van der Waals surface area contributed by atoms with Crippen LogP contribution < -0.4 is 5.73 Å². The van der Waals surface area contributed by atoms with Crippen molar-refractivity contribution < 1.29 is 13.5 Å². The van der Waals surface area contributed by atoms with Crippen LogP contribution in [0.5, 0.6) is 0 Å². The molecule has 0 aromatic heterocycles. The Balaban J connectivity index is 4.15. The van der Waals surface area contributed by atoms with Gasteiger partial charge in [-0.1, -0.05) is 0 Å². The minimum atomic E-state index is -3.31. The van der Waals surface area contributed by atoms with Crippen molar-refractivity contribution in [3.63, 3.8) is 0 Å². The maximum Gasteiger partial charge on any atom is 0.216 e. The van der Waals surface area contributed by atoms with Crippen LogP contribution in [0.25, 0.3) is 0 Å². The van der Waals surface area contributed by atoms with E-state index in [2.05, 4.69) is 0 Å². The lowest BCUT2D eigenvalue weighted by atomic mass is 10.4. The summed E-state index contributed by atoms with van der Waals surface area (Å²) in [6, 6.07) is 0. The minimum Gasteiger partial charge on any atom is -0.391 e. The first-order valence-corrected chi connectivity index (χ1v) is 4.79. The first kappa shape index (κ1) is 10.8. The van der Waals surface area contributed by atoms with E-state index in [-0.39, 0.29) is 12.3 Å². The van der Waals surface area contributed by atoms with Gasteiger partial charge in [0.15, 0.2) is 0 Å². The molecule has 0 aliphatic heterocycles. The van der Waals surface area contributed by atoms with E-state index in [9.17, 15) is 8.42 Å². The maximum atomic E-state index is 11.0. The summed E-state index contributed by atoms with van der Waals surface area (Å²) >= 11 is 0. The van der Waals surface area contributed by atoms with Crippen LogP contribution in [-0.2, 0) is 10.0 Å². The SMILES string of the molecule is CN(C)S(=O)(=O)CC(O)CN. The molecule has 1 unspecified atom stereocenters. The summed E-state index contributed by atoms with van der Waals surface area (Å²) in [5.74, 6) is -0.309. The van der Waals surface area contributed by atoms with Gasteiger partial charge in [-0.2, -0.15) is 0 Å². The molecule has 5 nitrogen and oxygen atoms in total. The third kappa shape index (κ3) is 3.66. The smallest absolute Gasteiger partial charge is 0.216 e. The molecule has 0 spiro atoms. The highest BCUT2D eigenvalue weighted by Gasteiger charge is 2.17. The molecule has 0 aliphatic rings. The lowest BCUT2D eigenvalue weighted by Gasteiger charge is -2.13. The van der Waals surface area contributed by atoms with Gasteiger partial charge in [0.1, 0.15) is 0 Å². The number of nitrogens with zero attached hydrogens (tertiary/aromatic N) is 1. The van der Waals surface area contributed by atoms with Gasteiger partial charge in [-0.05, 0) is 0 Å². The molecule has 68 valence electrons. The largest absolute Gasteiger partial charge is 0.391 e. The molecular formula is C5H14N2O3S. The van der Waals surface area contributed by atoms with E-state index < -0.39 is 16.1 Å². The molecule has 0 bridgehead atoms. The van der Waals surface area contributed by atoms with E-state index in [1.165, 1.54) is 14.1 Å². The second-order valence-electron chi connectivity index (χ2n) is 2.45. The Morgan fingerprint density at radius 1 is 1.55 bits per heavy atom. The first-order valence-electron chi connectivity index (χ1n) is 3.18. The van der Waals surface area contributed by atoms with Crippen molar-refractivity contribution in [3.05, 3.63) is 0 Å². The van der Waals surface area contributed by atoms with Crippen LogP contribution >= 0.6 is 0 Å². The van der Waals surface area contributed by atoms with Crippen LogP contribution in [0.2, 0.25) is 0 Å². The van der Waals surface area contributed by atoms with Gasteiger partial charge in [-0.3, -0.25) is 0 Å². The zero-order valence-electron chi connectivity index (χ0n) is 6.69. The predicted molar refractivity (Wildman–Crippen MR) is 42.5 cm³/mol. The van der Waals surface area contributed by atoms with Gasteiger partial charge < -0.3 is 10.8 Å². The molecule has 0 aliphatic carbocycles. The van der Waals surface area contributed by atoms with Crippen LogP contribution in [-0.4, -0.2) is 50.3 Å². The van der Waals surface area contributed by atoms with Crippen molar-refractivity contribution >= 4 is 10.0 Å². The van der Waals surface area contributed by atoms with E-state index in [0.29, 0.717) is 0 Å². The average Bonchev–Trinajstić information content (AvgIpc) is 1.86. The molecule has 0 saturated carbocycles. The van der Waals surface area contributed by atoms with Crippen LogP contribution in [0.3, 0.4) is 0 Å². The molecule has 3 N–H and O–H groups in total. The Morgan fingerprint density at radius 3 is 2.27 bits per heavy atom. The summed E-state index contributed by atoms with van der Waals surface area (Å²) in [6.07, 6.45) is -0.970. The van der Waals surface area contributed by atoms with Crippen molar-refractivity contribution in [2.75, 3.05) is 26.4 Å². The van der Waals surface area contributed by atoms with Crippen molar-refractivity contribution in [2.45, 2.75) is 6.10 Å². The lowest BCUT2D eigenvalue weighted by Crippen LogP contribution is -2.34. The second-order valence-corrected chi connectivity index (χ2v) is 4.68. The summed E-state index contributed by atoms with van der Waals surface area (Å²) in [5, 5.41) is 8.91. The summed E-state index contributed by atoms with van der Waals surface area (Å²) < 4.78 is 23.1. The number of nitrogens with two attached hydrogens (primary N) is 1. The van der Waals surface area contributed by atoms with Crippen molar-refractivity contribution in [3.8, 4) is 0 Å².